The molecule has 0 fully saturated rings. The Morgan fingerprint density at radius 2 is 1.80 bits per heavy atom. The largest absolute Gasteiger partial charge is 0.482 e. The van der Waals surface area contributed by atoms with Gasteiger partial charge in [-0.25, -0.2) is 0 Å². The van der Waals surface area contributed by atoms with Gasteiger partial charge in [0.25, 0.3) is 5.91 Å². The van der Waals surface area contributed by atoms with Crippen molar-refractivity contribution in [3.8, 4) is 17.1 Å². The molecule has 8 nitrogen and oxygen atoms in total. The maximum Gasteiger partial charge on any atom is 0.316 e. The van der Waals surface area contributed by atoms with Crippen molar-refractivity contribution in [2.45, 2.75) is 6.92 Å². The van der Waals surface area contributed by atoms with E-state index in [1.165, 1.54) is 6.07 Å². The van der Waals surface area contributed by atoms with E-state index in [1.807, 2.05) is 31.2 Å². The van der Waals surface area contributed by atoms with Crippen molar-refractivity contribution in [1.29, 1.82) is 0 Å². The predicted octanol–water partition coefficient (Wildman–Crippen LogP) is 3.28. The summed E-state index contributed by atoms with van der Waals surface area (Å²) in [6.45, 7) is 2.12. The Morgan fingerprint density at radius 3 is 2.53 bits per heavy atom. The molecule has 156 valence electrons. The number of rotatable bonds is 8. The Bertz CT molecular complexity index is 1040. The van der Waals surface area contributed by atoms with E-state index < -0.39 is 5.91 Å². The molecule has 3 aromatic rings. The van der Waals surface area contributed by atoms with Gasteiger partial charge in [0.05, 0.1) is 5.02 Å². The van der Waals surface area contributed by atoms with Crippen molar-refractivity contribution in [3.63, 3.8) is 0 Å². The van der Waals surface area contributed by atoms with Crippen molar-refractivity contribution in [1.82, 2.24) is 20.8 Å². The summed E-state index contributed by atoms with van der Waals surface area (Å²) in [4.78, 5) is 28.0. The molecular weight excluding hydrogens is 431 g/mol. The van der Waals surface area contributed by atoms with Gasteiger partial charge in [0.2, 0.25) is 5.82 Å². The van der Waals surface area contributed by atoms with Crippen LogP contribution in [-0.4, -0.2) is 41.7 Å². The summed E-state index contributed by atoms with van der Waals surface area (Å²) >= 11 is 11.8. The lowest BCUT2D eigenvalue weighted by molar-refractivity contribution is -0.123. The third kappa shape index (κ3) is 5.95. The fourth-order valence-corrected chi connectivity index (χ4v) is 2.84. The molecule has 0 spiro atoms. The van der Waals surface area contributed by atoms with E-state index in [2.05, 4.69) is 20.8 Å². The van der Waals surface area contributed by atoms with E-state index in [9.17, 15) is 9.59 Å². The minimum atomic E-state index is -0.528. The van der Waals surface area contributed by atoms with Gasteiger partial charge in [0.1, 0.15) is 5.75 Å². The molecule has 1 heterocycles. The molecule has 0 atom stereocenters. The second-order valence-corrected chi connectivity index (χ2v) is 7.10. The van der Waals surface area contributed by atoms with E-state index in [0.717, 1.165) is 11.1 Å². The number of hydrogen-bond donors (Lipinski definition) is 2. The third-order valence-electron chi connectivity index (χ3n) is 3.92. The summed E-state index contributed by atoms with van der Waals surface area (Å²) in [5.74, 6) is -0.372. The molecule has 0 bridgehead atoms. The molecule has 10 heteroatoms. The first-order valence-corrected chi connectivity index (χ1v) is 9.71. The number of halogens is 2. The lowest BCUT2D eigenvalue weighted by Gasteiger charge is -2.09. The van der Waals surface area contributed by atoms with Crippen LogP contribution >= 0.6 is 23.2 Å². The van der Waals surface area contributed by atoms with Gasteiger partial charge in [-0.1, -0.05) is 58.2 Å². The number of nitrogens with one attached hydrogen (secondary N) is 2. The summed E-state index contributed by atoms with van der Waals surface area (Å²) in [6, 6.07) is 12.2. The number of carbonyl (C=O) groups is 2. The van der Waals surface area contributed by atoms with E-state index in [4.69, 9.17) is 32.5 Å². The number of benzene rings is 2. The van der Waals surface area contributed by atoms with Gasteiger partial charge in [-0.2, -0.15) is 4.98 Å². The number of ether oxygens (including phenoxy) is 1. The molecule has 2 aromatic carbocycles. The van der Waals surface area contributed by atoms with Gasteiger partial charge in [-0.15, -0.1) is 0 Å². The first kappa shape index (κ1) is 21.6. The lowest BCUT2D eigenvalue weighted by atomic mass is 10.1. The third-order valence-corrected chi connectivity index (χ3v) is 4.45. The van der Waals surface area contributed by atoms with Crippen molar-refractivity contribution in [3.05, 3.63) is 64.0 Å². The molecule has 3 rings (SSSR count). The Kier molecular flexibility index (Phi) is 7.26. The predicted molar refractivity (Wildman–Crippen MR) is 112 cm³/mol. The minimum Gasteiger partial charge on any atom is -0.482 e. The van der Waals surface area contributed by atoms with Gasteiger partial charge in [-0.3, -0.25) is 9.59 Å². The lowest BCUT2D eigenvalue weighted by Crippen LogP contribution is -2.36. The van der Waals surface area contributed by atoms with E-state index in [0.29, 0.717) is 21.6 Å². The molecule has 0 aliphatic carbocycles. The van der Waals surface area contributed by atoms with Crippen LogP contribution in [0.4, 0.5) is 0 Å². The molecule has 2 amide bonds. The van der Waals surface area contributed by atoms with E-state index in [-0.39, 0.29) is 31.5 Å². The zero-order valence-corrected chi connectivity index (χ0v) is 17.5. The average Bonchev–Trinajstić information content (AvgIpc) is 3.21. The summed E-state index contributed by atoms with van der Waals surface area (Å²) in [5, 5.41) is 9.79. The smallest absolute Gasteiger partial charge is 0.316 e. The molecule has 0 aliphatic rings. The maximum absolute atomic E-state index is 12.1. The number of amides is 2. The van der Waals surface area contributed by atoms with Crippen LogP contribution in [-0.2, 0) is 4.79 Å². The fourth-order valence-electron chi connectivity index (χ4n) is 2.38. The number of aryl methyl sites for hydroxylation is 1. The highest BCUT2D eigenvalue weighted by atomic mass is 35.5. The Hall–Kier alpha value is -3.10. The molecule has 1 aromatic heterocycles. The summed E-state index contributed by atoms with van der Waals surface area (Å²) in [6.07, 6.45) is 0. The van der Waals surface area contributed by atoms with Gasteiger partial charge < -0.3 is 19.9 Å². The zero-order chi connectivity index (χ0) is 21.5. The highest BCUT2D eigenvalue weighted by Crippen LogP contribution is 2.27. The van der Waals surface area contributed by atoms with Gasteiger partial charge >= 0.3 is 11.8 Å². The molecule has 0 unspecified atom stereocenters. The quantitative estimate of drug-likeness (QED) is 0.512. The zero-order valence-electron chi connectivity index (χ0n) is 15.9. The maximum atomic E-state index is 12.1. The molecular formula is C20H18Cl2N4O4. The van der Waals surface area contributed by atoms with Gasteiger partial charge in [0.15, 0.2) is 6.61 Å². The number of nitrogens with zero attached hydrogens (tertiary/aromatic N) is 2. The summed E-state index contributed by atoms with van der Waals surface area (Å²) in [7, 11) is 0. The first-order chi connectivity index (χ1) is 14.4. The Balaban J connectivity index is 1.39. The highest BCUT2D eigenvalue weighted by Gasteiger charge is 2.15. The van der Waals surface area contributed by atoms with Crippen molar-refractivity contribution < 1.29 is 18.8 Å². The number of hydrogen-bond acceptors (Lipinski definition) is 6. The van der Waals surface area contributed by atoms with Crippen LogP contribution in [0.5, 0.6) is 5.75 Å². The van der Waals surface area contributed by atoms with Crippen LogP contribution in [0.2, 0.25) is 10.0 Å². The Morgan fingerprint density at radius 1 is 1.07 bits per heavy atom. The van der Waals surface area contributed by atoms with Crippen LogP contribution in [0.1, 0.15) is 16.2 Å². The topological polar surface area (TPSA) is 106 Å². The average molecular weight is 449 g/mol. The van der Waals surface area contributed by atoms with Crippen LogP contribution in [0.3, 0.4) is 0 Å². The van der Waals surface area contributed by atoms with E-state index >= 15 is 0 Å². The highest BCUT2D eigenvalue weighted by molar-refractivity contribution is 6.35. The van der Waals surface area contributed by atoms with Crippen LogP contribution in [0, 0.1) is 6.92 Å². The second kappa shape index (κ2) is 10.1. The molecule has 2 N–H and O–H groups in total. The SMILES string of the molecule is Cc1ccc(-c2noc(C(=O)NCCNC(=O)COc3ccc(Cl)cc3Cl)n2)cc1. The second-order valence-electron chi connectivity index (χ2n) is 6.26. The normalized spacial score (nSPS) is 10.5. The molecule has 0 saturated carbocycles. The number of carbonyl (C=O) groups excluding carboxylic acids is 2. The Labute approximate surface area is 182 Å². The van der Waals surface area contributed by atoms with Crippen molar-refractivity contribution >= 4 is 35.0 Å². The van der Waals surface area contributed by atoms with Gasteiger partial charge in [-0.05, 0) is 25.1 Å². The summed E-state index contributed by atoms with van der Waals surface area (Å²) in [5.41, 5.74) is 1.85. The van der Waals surface area contributed by atoms with Crippen molar-refractivity contribution in [2.24, 2.45) is 0 Å². The molecule has 0 saturated heterocycles. The monoisotopic (exact) mass is 448 g/mol. The number of aromatic nitrogens is 2. The molecule has 30 heavy (non-hydrogen) atoms. The minimum absolute atomic E-state index is 0.155. The van der Waals surface area contributed by atoms with Gasteiger partial charge in [0, 0.05) is 23.7 Å². The molecule has 0 aliphatic heterocycles. The molecule has 0 radical (unpaired) electrons. The fraction of sp³-hybridized carbons (Fsp3) is 0.200. The van der Waals surface area contributed by atoms with Crippen molar-refractivity contribution in [2.75, 3.05) is 19.7 Å². The standard InChI is InChI=1S/C20H18Cl2N4O4/c1-12-2-4-13(5-3-12)18-25-20(30-26-18)19(28)24-9-8-23-17(27)11-29-16-7-6-14(21)10-15(16)22/h2-7,10H,8-9,11H2,1H3,(H,23,27)(H,24,28). The summed E-state index contributed by atoms with van der Waals surface area (Å²) < 4.78 is 10.3. The van der Waals surface area contributed by atoms with Crippen LogP contribution in [0.25, 0.3) is 11.4 Å². The van der Waals surface area contributed by atoms with Crippen LogP contribution in [0.15, 0.2) is 47.0 Å². The van der Waals surface area contributed by atoms with Crippen LogP contribution < -0.4 is 15.4 Å². The first-order valence-electron chi connectivity index (χ1n) is 8.96. The van der Waals surface area contributed by atoms with E-state index in [1.54, 1.807) is 12.1 Å².